The molecule has 1 N–H and O–H groups in total. The number of aliphatic carboxylic acids is 1. The first-order valence-electron chi connectivity index (χ1n) is 6.57. The minimum absolute atomic E-state index is 0.681. The van der Waals surface area contributed by atoms with Gasteiger partial charge in [0, 0.05) is 6.08 Å². The monoisotopic (exact) mass is 338 g/mol. The van der Waals surface area contributed by atoms with E-state index in [9.17, 15) is 4.79 Å². The minimum atomic E-state index is -0.957. The summed E-state index contributed by atoms with van der Waals surface area (Å²) in [6, 6.07) is 5.51. The maximum atomic E-state index is 10.4. The average molecular weight is 339 g/mol. The van der Waals surface area contributed by atoms with Crippen LogP contribution in [-0.4, -0.2) is 17.7 Å². The molecule has 0 heterocycles. The Bertz CT molecular complexity index is 481. The second-order valence-electron chi connectivity index (χ2n) is 4.35. The van der Waals surface area contributed by atoms with Crippen LogP contribution in [-0.2, 0) is 4.79 Å². The van der Waals surface area contributed by atoms with Gasteiger partial charge in [0.15, 0.2) is 0 Å². The van der Waals surface area contributed by atoms with E-state index < -0.39 is 5.97 Å². The summed E-state index contributed by atoms with van der Waals surface area (Å²) in [5.74, 6) is -0.179. The van der Waals surface area contributed by atoms with Crippen molar-refractivity contribution < 1.29 is 14.6 Å². The first kappa shape index (κ1) is 16.5. The minimum Gasteiger partial charge on any atom is -0.492 e. The molecule has 3 nitrogen and oxygen atoms in total. The highest BCUT2D eigenvalue weighted by Gasteiger charge is 2.01. The van der Waals surface area contributed by atoms with E-state index in [4.69, 9.17) is 9.84 Å². The highest BCUT2D eigenvalue weighted by atomic mass is 79.9. The summed E-state index contributed by atoms with van der Waals surface area (Å²) in [7, 11) is 0. The van der Waals surface area contributed by atoms with E-state index in [-0.39, 0.29) is 0 Å². The zero-order chi connectivity index (χ0) is 14.8. The molecule has 1 aromatic carbocycles. The van der Waals surface area contributed by atoms with Gasteiger partial charge < -0.3 is 9.84 Å². The van der Waals surface area contributed by atoms with Gasteiger partial charge in [-0.15, -0.1) is 6.58 Å². The van der Waals surface area contributed by atoms with E-state index >= 15 is 0 Å². The third kappa shape index (κ3) is 6.57. The third-order valence-corrected chi connectivity index (χ3v) is 3.30. The highest BCUT2D eigenvalue weighted by molar-refractivity contribution is 9.10. The molecule has 108 valence electrons. The predicted molar refractivity (Wildman–Crippen MR) is 85.0 cm³/mol. The zero-order valence-corrected chi connectivity index (χ0v) is 12.9. The summed E-state index contributed by atoms with van der Waals surface area (Å²) in [6.45, 7) is 4.37. The van der Waals surface area contributed by atoms with Crippen LogP contribution >= 0.6 is 15.9 Å². The van der Waals surface area contributed by atoms with Gasteiger partial charge in [-0.25, -0.2) is 4.79 Å². The number of carboxylic acids is 1. The summed E-state index contributed by atoms with van der Waals surface area (Å²) in [5.41, 5.74) is 0.817. The van der Waals surface area contributed by atoms with E-state index in [0.717, 1.165) is 47.5 Å². The molecule has 0 spiro atoms. The standard InChI is InChI=1S/C16H19BrO3/c1-2-3-4-5-6-11-20-15-9-7-13(12-14(15)17)8-10-16(18)19/h2,7-10,12H,1,3-6,11H2,(H,18,19)/b10-8+. The van der Waals surface area contributed by atoms with Gasteiger partial charge in [0.1, 0.15) is 5.75 Å². The molecule has 1 aromatic rings. The molecule has 0 aromatic heterocycles. The van der Waals surface area contributed by atoms with Crippen molar-refractivity contribution in [2.45, 2.75) is 25.7 Å². The van der Waals surface area contributed by atoms with Gasteiger partial charge in [0.25, 0.3) is 0 Å². The molecule has 20 heavy (non-hydrogen) atoms. The van der Waals surface area contributed by atoms with Gasteiger partial charge in [-0.05, 0) is 65.4 Å². The van der Waals surface area contributed by atoms with Crippen molar-refractivity contribution in [2.75, 3.05) is 6.61 Å². The predicted octanol–water partition coefficient (Wildman–Crippen LogP) is 4.67. The lowest BCUT2D eigenvalue weighted by atomic mass is 10.2. The molecule has 1 rings (SSSR count). The van der Waals surface area contributed by atoms with Crippen molar-refractivity contribution in [3.8, 4) is 5.75 Å². The van der Waals surface area contributed by atoms with Crippen LogP contribution in [0.1, 0.15) is 31.2 Å². The van der Waals surface area contributed by atoms with Crippen molar-refractivity contribution in [3.05, 3.63) is 47.0 Å². The Balaban J connectivity index is 2.43. The Kier molecular flexibility index (Phi) is 7.73. The maximum Gasteiger partial charge on any atom is 0.328 e. The number of unbranched alkanes of at least 4 members (excludes halogenated alkanes) is 3. The van der Waals surface area contributed by atoms with E-state index in [2.05, 4.69) is 22.5 Å². The molecule has 0 amide bonds. The van der Waals surface area contributed by atoms with Crippen LogP contribution in [0.25, 0.3) is 6.08 Å². The first-order valence-corrected chi connectivity index (χ1v) is 7.37. The number of carbonyl (C=O) groups is 1. The van der Waals surface area contributed by atoms with Crippen LogP contribution in [0, 0.1) is 0 Å². The molecule has 4 heteroatoms. The van der Waals surface area contributed by atoms with Crippen LogP contribution in [0.15, 0.2) is 41.4 Å². The SMILES string of the molecule is C=CCCCCCOc1ccc(/C=C/C(=O)O)cc1Br. The molecule has 0 aliphatic heterocycles. The number of benzene rings is 1. The number of rotatable bonds is 9. The fourth-order valence-corrected chi connectivity index (χ4v) is 2.17. The van der Waals surface area contributed by atoms with Crippen LogP contribution < -0.4 is 4.74 Å². The van der Waals surface area contributed by atoms with Crippen LogP contribution in [0.3, 0.4) is 0 Å². The van der Waals surface area contributed by atoms with Gasteiger partial charge in [0.05, 0.1) is 11.1 Å². The zero-order valence-electron chi connectivity index (χ0n) is 11.3. The number of carboxylic acid groups (broad SMARTS) is 1. The quantitative estimate of drug-likeness (QED) is 0.404. The number of halogens is 1. The van der Waals surface area contributed by atoms with Crippen LogP contribution in [0.5, 0.6) is 5.75 Å². The summed E-state index contributed by atoms with van der Waals surface area (Å²) < 4.78 is 6.51. The molecule has 0 fully saturated rings. The van der Waals surface area contributed by atoms with Crippen molar-refractivity contribution in [1.82, 2.24) is 0 Å². The van der Waals surface area contributed by atoms with Crippen molar-refractivity contribution >= 4 is 28.0 Å². The first-order chi connectivity index (χ1) is 9.63. The normalized spacial score (nSPS) is 10.7. The molecule has 0 aliphatic rings. The van der Waals surface area contributed by atoms with Gasteiger partial charge in [-0.1, -0.05) is 12.1 Å². The number of ether oxygens (including phenoxy) is 1. The Morgan fingerprint density at radius 1 is 1.35 bits per heavy atom. The van der Waals surface area contributed by atoms with Gasteiger partial charge in [-0.2, -0.15) is 0 Å². The maximum absolute atomic E-state index is 10.4. The van der Waals surface area contributed by atoms with Gasteiger partial charge in [0.2, 0.25) is 0 Å². The lowest BCUT2D eigenvalue weighted by Crippen LogP contribution is -1.98. The van der Waals surface area contributed by atoms with E-state index in [1.54, 1.807) is 6.08 Å². The van der Waals surface area contributed by atoms with E-state index in [0.29, 0.717) is 6.61 Å². The third-order valence-electron chi connectivity index (χ3n) is 2.68. The number of hydrogen-bond acceptors (Lipinski definition) is 2. The van der Waals surface area contributed by atoms with E-state index in [1.165, 1.54) is 0 Å². The summed E-state index contributed by atoms with van der Waals surface area (Å²) in [5, 5.41) is 8.57. The highest BCUT2D eigenvalue weighted by Crippen LogP contribution is 2.26. The van der Waals surface area contributed by atoms with Gasteiger partial charge >= 0.3 is 5.97 Å². The molecule has 0 atom stereocenters. The van der Waals surface area contributed by atoms with Crippen molar-refractivity contribution in [2.24, 2.45) is 0 Å². The molecule has 0 unspecified atom stereocenters. The Labute approximate surface area is 128 Å². The Morgan fingerprint density at radius 2 is 2.15 bits per heavy atom. The molecule has 0 bridgehead atoms. The Hall–Kier alpha value is -1.55. The molecule has 0 radical (unpaired) electrons. The van der Waals surface area contributed by atoms with E-state index in [1.807, 2.05) is 24.3 Å². The Morgan fingerprint density at radius 3 is 2.80 bits per heavy atom. The van der Waals surface area contributed by atoms with Crippen LogP contribution in [0.2, 0.25) is 0 Å². The summed E-state index contributed by atoms with van der Waals surface area (Å²) in [4.78, 5) is 10.4. The topological polar surface area (TPSA) is 46.5 Å². The fraction of sp³-hybridized carbons (Fsp3) is 0.312. The van der Waals surface area contributed by atoms with Crippen molar-refractivity contribution in [1.29, 1.82) is 0 Å². The molecule has 0 aliphatic carbocycles. The molecule has 0 saturated carbocycles. The second kappa shape index (κ2) is 9.37. The summed E-state index contributed by atoms with van der Waals surface area (Å²) in [6.07, 6.45) is 8.93. The number of hydrogen-bond donors (Lipinski definition) is 1. The van der Waals surface area contributed by atoms with Crippen molar-refractivity contribution in [3.63, 3.8) is 0 Å². The smallest absolute Gasteiger partial charge is 0.328 e. The molecule has 0 saturated heterocycles. The van der Waals surface area contributed by atoms with Gasteiger partial charge in [-0.3, -0.25) is 0 Å². The lowest BCUT2D eigenvalue weighted by Gasteiger charge is -2.08. The number of allylic oxidation sites excluding steroid dienone is 1. The molecular weight excluding hydrogens is 320 g/mol. The molecular formula is C16H19BrO3. The summed E-state index contributed by atoms with van der Waals surface area (Å²) >= 11 is 3.43. The lowest BCUT2D eigenvalue weighted by molar-refractivity contribution is -0.131. The largest absolute Gasteiger partial charge is 0.492 e. The fourth-order valence-electron chi connectivity index (χ4n) is 1.65. The second-order valence-corrected chi connectivity index (χ2v) is 5.20. The average Bonchev–Trinajstić information content (AvgIpc) is 2.42. The van der Waals surface area contributed by atoms with Crippen LogP contribution in [0.4, 0.5) is 0 Å².